The molecule has 3 aromatic rings. The van der Waals surface area contributed by atoms with Crippen LogP contribution in [0.1, 0.15) is 16.7 Å². The summed E-state index contributed by atoms with van der Waals surface area (Å²) in [6, 6.07) is 24.5. The molecule has 0 unspecified atom stereocenters. The van der Waals surface area contributed by atoms with Crippen molar-refractivity contribution < 1.29 is 9.59 Å². The summed E-state index contributed by atoms with van der Waals surface area (Å²) < 4.78 is 0. The Morgan fingerprint density at radius 1 is 0.727 bits per heavy atom. The van der Waals surface area contributed by atoms with Crippen molar-refractivity contribution in [3.8, 4) is 0 Å². The first kappa shape index (κ1) is 22.8. The zero-order valence-corrected chi connectivity index (χ0v) is 19.3. The van der Waals surface area contributed by atoms with E-state index in [1.807, 2.05) is 72.8 Å². The van der Waals surface area contributed by atoms with Gasteiger partial charge in [0.05, 0.1) is 23.1 Å². The number of piperidine rings is 1. The van der Waals surface area contributed by atoms with Gasteiger partial charge >= 0.3 is 0 Å². The predicted molar refractivity (Wildman–Crippen MR) is 136 cm³/mol. The number of carbonyl (C=O) groups is 2. The second-order valence-corrected chi connectivity index (χ2v) is 8.51. The lowest BCUT2D eigenvalue weighted by Crippen LogP contribution is -2.40. The zero-order valence-electron chi connectivity index (χ0n) is 17.7. The minimum absolute atomic E-state index is 0.0415. The number of likely N-dealkylation sites (tertiary alicyclic amines) is 1. The molecule has 1 saturated heterocycles. The summed E-state index contributed by atoms with van der Waals surface area (Å²) in [5.74, 6) is -0.230. The Morgan fingerprint density at radius 2 is 1.27 bits per heavy atom. The van der Waals surface area contributed by atoms with E-state index in [9.17, 15) is 9.59 Å². The summed E-state index contributed by atoms with van der Waals surface area (Å²) in [5.41, 5.74) is 3.75. The lowest BCUT2D eigenvalue weighted by atomic mass is 9.94. The van der Waals surface area contributed by atoms with E-state index in [-0.39, 0.29) is 24.8 Å². The van der Waals surface area contributed by atoms with Crippen LogP contribution >= 0.6 is 23.2 Å². The van der Waals surface area contributed by atoms with Crippen LogP contribution in [-0.4, -0.2) is 29.7 Å². The van der Waals surface area contributed by atoms with Gasteiger partial charge < -0.3 is 4.90 Å². The van der Waals surface area contributed by atoms with E-state index in [4.69, 9.17) is 23.2 Å². The van der Waals surface area contributed by atoms with Crippen molar-refractivity contribution in [1.82, 2.24) is 4.90 Å². The molecule has 33 heavy (non-hydrogen) atoms. The van der Waals surface area contributed by atoms with Gasteiger partial charge in [0.2, 0.25) is 5.91 Å². The maximum Gasteiger partial charge on any atom is 0.247 e. The molecule has 3 aromatic carbocycles. The third-order valence-corrected chi connectivity index (χ3v) is 6.00. The van der Waals surface area contributed by atoms with Crippen LogP contribution in [0.5, 0.6) is 0 Å². The lowest BCUT2D eigenvalue weighted by Gasteiger charge is -2.29. The van der Waals surface area contributed by atoms with E-state index in [0.717, 1.165) is 16.7 Å². The smallest absolute Gasteiger partial charge is 0.247 e. The van der Waals surface area contributed by atoms with Gasteiger partial charge in [-0.1, -0.05) is 89.9 Å². The molecule has 1 fully saturated rings. The number of hydrogen-bond donors (Lipinski definition) is 0. The van der Waals surface area contributed by atoms with Gasteiger partial charge in [0, 0.05) is 17.2 Å². The van der Waals surface area contributed by atoms with E-state index >= 15 is 0 Å². The number of rotatable bonds is 4. The summed E-state index contributed by atoms with van der Waals surface area (Å²) in [7, 11) is 0. The highest BCUT2D eigenvalue weighted by molar-refractivity contribution is 6.42. The summed E-state index contributed by atoms with van der Waals surface area (Å²) in [6.07, 6.45) is 6.89. The minimum atomic E-state index is -0.188. The maximum atomic E-state index is 13.2. The molecule has 1 aliphatic heterocycles. The number of carbonyl (C=O) groups excluding carboxylic acids is 2. The van der Waals surface area contributed by atoms with Gasteiger partial charge in [-0.05, 0) is 47.1 Å². The second kappa shape index (κ2) is 10.5. The molecule has 0 bridgehead atoms. The second-order valence-electron chi connectivity index (χ2n) is 7.69. The lowest BCUT2D eigenvalue weighted by molar-refractivity contribution is -0.126. The van der Waals surface area contributed by atoms with Crippen LogP contribution in [0.2, 0.25) is 10.0 Å². The minimum Gasteiger partial charge on any atom is -0.330 e. The van der Waals surface area contributed by atoms with E-state index in [2.05, 4.69) is 0 Å². The molecule has 0 atom stereocenters. The first-order valence-corrected chi connectivity index (χ1v) is 11.2. The first-order chi connectivity index (χ1) is 16.0. The fraction of sp³-hybridized carbons (Fsp3) is 0.0714. The SMILES string of the molecule is O=C1/C(=C/c2ccccc2)CN(C(=O)/C=C/c2ccc(Cl)c(Cl)c2)C/C1=C\c1ccccc1. The number of halogens is 2. The Labute approximate surface area is 203 Å². The van der Waals surface area contributed by atoms with E-state index in [1.54, 1.807) is 29.2 Å². The van der Waals surface area contributed by atoms with Crippen LogP contribution in [0, 0.1) is 0 Å². The molecule has 0 spiro atoms. The molecule has 1 heterocycles. The predicted octanol–water partition coefficient (Wildman–Crippen LogP) is 6.59. The molecule has 164 valence electrons. The Morgan fingerprint density at radius 3 is 1.79 bits per heavy atom. The largest absolute Gasteiger partial charge is 0.330 e. The normalized spacial score (nSPS) is 16.7. The van der Waals surface area contributed by atoms with E-state index in [1.165, 1.54) is 6.08 Å². The maximum absolute atomic E-state index is 13.2. The van der Waals surface area contributed by atoms with Gasteiger partial charge in [0.15, 0.2) is 5.78 Å². The molecule has 1 amide bonds. The molecule has 0 aromatic heterocycles. The molecule has 1 aliphatic rings. The fourth-order valence-electron chi connectivity index (χ4n) is 3.59. The van der Waals surface area contributed by atoms with Crippen LogP contribution < -0.4 is 0 Å². The summed E-state index contributed by atoms with van der Waals surface area (Å²) in [6.45, 7) is 0.481. The van der Waals surface area contributed by atoms with Crippen molar-refractivity contribution >= 4 is 53.1 Å². The topological polar surface area (TPSA) is 37.4 Å². The quantitative estimate of drug-likeness (QED) is 0.401. The average molecular weight is 474 g/mol. The molecule has 0 N–H and O–H groups in total. The number of nitrogens with zero attached hydrogens (tertiary/aromatic N) is 1. The van der Waals surface area contributed by atoms with Crippen molar-refractivity contribution in [2.24, 2.45) is 0 Å². The Hall–Kier alpha value is -3.40. The molecule has 4 rings (SSSR count). The summed E-state index contributed by atoms with van der Waals surface area (Å²) >= 11 is 12.0. The highest BCUT2D eigenvalue weighted by atomic mass is 35.5. The molecular formula is C28H21Cl2NO2. The van der Waals surface area contributed by atoms with Gasteiger partial charge in [0.1, 0.15) is 0 Å². The number of Topliss-reactive ketones (excluding diaryl/α,β-unsaturated/α-hetero) is 1. The fourth-order valence-corrected chi connectivity index (χ4v) is 3.89. The van der Waals surface area contributed by atoms with Crippen LogP contribution in [0.3, 0.4) is 0 Å². The Kier molecular flexibility index (Phi) is 7.23. The molecule has 0 radical (unpaired) electrons. The van der Waals surface area contributed by atoms with Crippen LogP contribution in [0.15, 0.2) is 96.1 Å². The highest BCUT2D eigenvalue weighted by Crippen LogP contribution is 2.24. The van der Waals surface area contributed by atoms with Crippen molar-refractivity contribution in [1.29, 1.82) is 0 Å². The van der Waals surface area contributed by atoms with Crippen LogP contribution in [0.25, 0.3) is 18.2 Å². The summed E-state index contributed by atoms with van der Waals surface area (Å²) in [4.78, 5) is 27.9. The van der Waals surface area contributed by atoms with Crippen LogP contribution in [0.4, 0.5) is 0 Å². The third-order valence-electron chi connectivity index (χ3n) is 5.26. The van der Waals surface area contributed by atoms with E-state index < -0.39 is 0 Å². The number of benzene rings is 3. The Bertz CT molecular complexity index is 1200. The number of amides is 1. The Balaban J connectivity index is 1.63. The van der Waals surface area contributed by atoms with Crippen LogP contribution in [-0.2, 0) is 9.59 Å². The molecular weight excluding hydrogens is 453 g/mol. The zero-order chi connectivity index (χ0) is 23.2. The van der Waals surface area contributed by atoms with Gasteiger partial charge in [-0.25, -0.2) is 0 Å². The van der Waals surface area contributed by atoms with E-state index in [0.29, 0.717) is 21.2 Å². The van der Waals surface area contributed by atoms with Crippen molar-refractivity contribution in [3.05, 3.63) is 123 Å². The average Bonchev–Trinajstić information content (AvgIpc) is 2.83. The standard InChI is InChI=1S/C28H21Cl2NO2/c29-25-13-11-22(17-26(25)30)12-14-27(32)31-18-23(15-20-7-3-1-4-8-20)28(33)24(19-31)16-21-9-5-2-6-10-21/h1-17H,18-19H2/b14-12+,23-15+,24-16+. The van der Waals surface area contributed by atoms with Crippen molar-refractivity contribution in [3.63, 3.8) is 0 Å². The monoisotopic (exact) mass is 473 g/mol. The van der Waals surface area contributed by atoms with Crippen molar-refractivity contribution in [2.45, 2.75) is 0 Å². The van der Waals surface area contributed by atoms with Crippen molar-refractivity contribution in [2.75, 3.05) is 13.1 Å². The molecule has 0 aliphatic carbocycles. The first-order valence-electron chi connectivity index (χ1n) is 10.5. The highest BCUT2D eigenvalue weighted by Gasteiger charge is 2.28. The van der Waals surface area contributed by atoms with Gasteiger partial charge in [-0.15, -0.1) is 0 Å². The van der Waals surface area contributed by atoms with Gasteiger partial charge in [0.25, 0.3) is 0 Å². The number of ketones is 1. The summed E-state index contributed by atoms with van der Waals surface area (Å²) in [5, 5.41) is 0.886. The molecule has 3 nitrogen and oxygen atoms in total. The molecule has 5 heteroatoms. The van der Waals surface area contributed by atoms with Gasteiger partial charge in [-0.2, -0.15) is 0 Å². The third kappa shape index (κ3) is 5.89. The number of hydrogen-bond acceptors (Lipinski definition) is 2. The van der Waals surface area contributed by atoms with Gasteiger partial charge in [-0.3, -0.25) is 9.59 Å². The molecule has 0 saturated carbocycles.